The van der Waals surface area contributed by atoms with Crippen molar-refractivity contribution in [3.05, 3.63) is 41.1 Å². The Morgan fingerprint density at radius 3 is 2.77 bits per heavy atom. The standard InChI is InChI=1S/C31H37FN10O2/c1-21(32)31(43)42-14-13-40(17-22(42)6-8-33)28-24-7-12-39(27-16-35-20-41-11-4-9-36-29(27)41)18-26(24)37-30(25(28)15-34)44-19-23-5-3-10-38(23)2/h16,20,22-23H,1,3-7,9-14,17-19H2,2H3/t22-,23-/m0/s1. The van der Waals surface area contributed by atoms with Crippen molar-refractivity contribution in [1.82, 2.24) is 24.6 Å². The average molecular weight is 601 g/mol. The molecule has 0 N–H and O–H groups in total. The van der Waals surface area contributed by atoms with Crippen molar-refractivity contribution in [3.63, 3.8) is 0 Å². The average Bonchev–Trinajstić information content (AvgIpc) is 3.46. The Balaban J connectivity index is 1.36. The third-order valence-electron chi connectivity index (χ3n) is 9.17. The number of aliphatic imine (C=N–C) groups is 2. The third-order valence-corrected chi connectivity index (χ3v) is 9.17. The number of nitrogens with zero attached hydrogens (tertiary/aromatic N) is 10. The molecule has 1 aromatic rings. The van der Waals surface area contributed by atoms with Gasteiger partial charge in [0, 0.05) is 50.9 Å². The van der Waals surface area contributed by atoms with Crippen LogP contribution in [0.1, 0.15) is 42.5 Å². The first-order valence-electron chi connectivity index (χ1n) is 15.3. The van der Waals surface area contributed by atoms with E-state index >= 15 is 0 Å². The lowest BCUT2D eigenvalue weighted by atomic mass is 9.96. The van der Waals surface area contributed by atoms with Gasteiger partial charge in [-0.05, 0) is 39.3 Å². The maximum absolute atomic E-state index is 13.9. The summed E-state index contributed by atoms with van der Waals surface area (Å²) in [6.45, 7) is 8.26. The number of aromatic nitrogens is 1. The van der Waals surface area contributed by atoms with Gasteiger partial charge in [-0.3, -0.25) is 9.79 Å². The second kappa shape index (κ2) is 12.6. The zero-order chi connectivity index (χ0) is 30.8. The number of piperazine rings is 1. The first-order valence-corrected chi connectivity index (χ1v) is 15.3. The Bertz CT molecular complexity index is 1510. The minimum atomic E-state index is -1.05. The van der Waals surface area contributed by atoms with Gasteiger partial charge in [-0.1, -0.05) is 6.58 Å². The first kappa shape index (κ1) is 29.6. The van der Waals surface area contributed by atoms with E-state index in [4.69, 9.17) is 14.7 Å². The summed E-state index contributed by atoms with van der Waals surface area (Å²) in [6, 6.07) is 4.20. The Hall–Kier alpha value is -4.49. The molecule has 0 aliphatic carbocycles. The highest BCUT2D eigenvalue weighted by molar-refractivity contribution is 6.05. The normalized spacial score (nSPS) is 23.3. The van der Waals surface area contributed by atoms with E-state index in [-0.39, 0.29) is 25.6 Å². The largest absolute Gasteiger partial charge is 0.475 e. The lowest BCUT2D eigenvalue weighted by molar-refractivity contribution is -0.131. The predicted octanol–water partition coefficient (Wildman–Crippen LogP) is 2.19. The van der Waals surface area contributed by atoms with Crippen LogP contribution < -0.4 is 9.64 Å². The van der Waals surface area contributed by atoms with Crippen LogP contribution in [0.25, 0.3) is 0 Å². The van der Waals surface area contributed by atoms with E-state index in [1.807, 2.05) is 17.4 Å². The molecule has 2 saturated heterocycles. The molecule has 230 valence electrons. The summed E-state index contributed by atoms with van der Waals surface area (Å²) in [4.78, 5) is 36.8. The van der Waals surface area contributed by atoms with Crippen LogP contribution in [0.15, 0.2) is 34.3 Å². The fourth-order valence-corrected chi connectivity index (χ4v) is 6.85. The highest BCUT2D eigenvalue weighted by atomic mass is 19.1. The van der Waals surface area contributed by atoms with Gasteiger partial charge in [0.05, 0.1) is 54.7 Å². The first-order chi connectivity index (χ1) is 21.4. The monoisotopic (exact) mass is 600 g/mol. The highest BCUT2D eigenvalue weighted by Gasteiger charge is 2.37. The van der Waals surface area contributed by atoms with E-state index in [1.54, 1.807) is 0 Å². The Morgan fingerprint density at radius 1 is 1.16 bits per heavy atom. The molecular weight excluding hydrogens is 563 g/mol. The van der Waals surface area contributed by atoms with Crippen LogP contribution in [0.4, 0.5) is 10.1 Å². The van der Waals surface area contributed by atoms with E-state index in [9.17, 15) is 19.7 Å². The number of amidine groups is 1. The lowest BCUT2D eigenvalue weighted by Gasteiger charge is -2.43. The van der Waals surface area contributed by atoms with Crippen LogP contribution in [0.2, 0.25) is 0 Å². The van der Waals surface area contributed by atoms with Gasteiger partial charge in [-0.2, -0.15) is 10.5 Å². The number of hydrogen-bond acceptors (Lipinski definition) is 11. The van der Waals surface area contributed by atoms with Gasteiger partial charge < -0.3 is 29.2 Å². The summed E-state index contributed by atoms with van der Waals surface area (Å²) in [5.41, 5.74) is 3.80. The molecule has 1 amide bonds. The minimum absolute atomic E-state index is 0.0309. The number of anilines is 1. The van der Waals surface area contributed by atoms with Crippen molar-refractivity contribution in [3.8, 4) is 18.0 Å². The number of ether oxygens (including phenoxy) is 1. The topological polar surface area (TPSA) is 128 Å². The number of likely N-dealkylation sites (tertiary alicyclic amines) is 1. The van der Waals surface area contributed by atoms with E-state index in [0.29, 0.717) is 44.1 Å². The van der Waals surface area contributed by atoms with Crippen molar-refractivity contribution in [2.75, 3.05) is 64.4 Å². The van der Waals surface area contributed by atoms with Gasteiger partial charge in [-0.15, -0.1) is 0 Å². The molecule has 0 aromatic carbocycles. The predicted molar refractivity (Wildman–Crippen MR) is 163 cm³/mol. The van der Waals surface area contributed by atoms with Gasteiger partial charge >= 0.3 is 0 Å². The molecule has 1 aromatic heterocycles. The lowest BCUT2D eigenvalue weighted by Crippen LogP contribution is -2.55. The Morgan fingerprint density at radius 2 is 2.02 bits per heavy atom. The van der Waals surface area contributed by atoms with Crippen LogP contribution in [-0.4, -0.2) is 114 Å². The zero-order valence-electron chi connectivity index (χ0n) is 25.1. The Kier molecular flexibility index (Phi) is 8.49. The second-order valence-corrected chi connectivity index (χ2v) is 11.8. The molecule has 0 saturated carbocycles. The Labute approximate surface area is 257 Å². The molecule has 6 rings (SSSR count). The molecule has 5 aliphatic heterocycles. The molecule has 0 unspecified atom stereocenters. The van der Waals surface area contributed by atoms with Crippen LogP contribution >= 0.6 is 0 Å². The maximum Gasteiger partial charge on any atom is 0.282 e. The molecule has 0 spiro atoms. The number of fused-ring (bicyclic) bond motifs is 2. The number of carbonyl (C=O) groups is 1. The van der Waals surface area contributed by atoms with Gasteiger partial charge in [-0.25, -0.2) is 14.4 Å². The number of pyridine rings is 1. The fourth-order valence-electron chi connectivity index (χ4n) is 6.85. The number of likely N-dealkylation sites (N-methyl/N-ethyl adjacent to an activating group) is 1. The van der Waals surface area contributed by atoms with Crippen molar-refractivity contribution >= 4 is 23.8 Å². The van der Waals surface area contributed by atoms with Gasteiger partial charge in [0.2, 0.25) is 5.88 Å². The van der Waals surface area contributed by atoms with E-state index in [0.717, 1.165) is 67.4 Å². The van der Waals surface area contributed by atoms with Gasteiger partial charge in [0.25, 0.3) is 5.91 Å². The number of carbonyl (C=O) groups excluding carboxylic acids is 1. The highest BCUT2D eigenvalue weighted by Crippen LogP contribution is 2.39. The number of rotatable bonds is 7. The molecule has 12 nitrogen and oxygen atoms in total. The summed E-state index contributed by atoms with van der Waals surface area (Å²) in [7, 11) is 2.08. The summed E-state index contributed by atoms with van der Waals surface area (Å²) in [5.74, 6) is -0.636. The molecule has 6 heterocycles. The molecule has 13 heteroatoms. The summed E-state index contributed by atoms with van der Waals surface area (Å²) >= 11 is 0. The maximum atomic E-state index is 13.9. The fraction of sp³-hybridized carbons (Fsp3) is 0.548. The molecule has 0 bridgehead atoms. The number of nitriles is 2. The van der Waals surface area contributed by atoms with Crippen LogP contribution in [0.5, 0.6) is 5.88 Å². The molecule has 5 aliphatic rings. The molecule has 0 radical (unpaired) electrons. The zero-order valence-corrected chi connectivity index (χ0v) is 25.1. The minimum Gasteiger partial charge on any atom is -0.475 e. The van der Waals surface area contributed by atoms with Crippen molar-refractivity contribution in [2.24, 2.45) is 9.98 Å². The van der Waals surface area contributed by atoms with Crippen LogP contribution in [-0.2, 0) is 17.8 Å². The summed E-state index contributed by atoms with van der Waals surface area (Å²) in [5, 5.41) is 20.0. The third kappa shape index (κ3) is 5.60. The van der Waals surface area contributed by atoms with E-state index in [1.165, 1.54) is 4.90 Å². The quantitative estimate of drug-likeness (QED) is 0.433. The van der Waals surface area contributed by atoms with Crippen LogP contribution in [0.3, 0.4) is 0 Å². The molecular formula is C31H37FN10O2. The SMILES string of the molecule is C=C(F)C(=O)N1CCN(c2c(C#N)c(OC[C@@H]3CCCN3C)nc3c2CCN(C2=CN=CN4CCCN=C24)C3)C[C@@H]1CC#N. The molecule has 2 fully saturated rings. The van der Waals surface area contributed by atoms with Crippen molar-refractivity contribution < 1.29 is 13.9 Å². The summed E-state index contributed by atoms with van der Waals surface area (Å²) in [6.07, 6.45) is 7.42. The van der Waals surface area contributed by atoms with Crippen LogP contribution in [0, 0.1) is 22.7 Å². The molecule has 2 atom stereocenters. The van der Waals surface area contributed by atoms with E-state index < -0.39 is 17.8 Å². The molecule has 44 heavy (non-hydrogen) atoms. The number of halogens is 1. The van der Waals surface area contributed by atoms with Gasteiger partial charge in [0.1, 0.15) is 18.2 Å². The smallest absolute Gasteiger partial charge is 0.282 e. The number of amides is 1. The number of hydrogen-bond donors (Lipinski definition) is 0. The van der Waals surface area contributed by atoms with Gasteiger partial charge in [0.15, 0.2) is 11.7 Å². The van der Waals surface area contributed by atoms with Crippen molar-refractivity contribution in [2.45, 2.75) is 50.7 Å². The second-order valence-electron chi connectivity index (χ2n) is 11.8. The van der Waals surface area contributed by atoms with E-state index in [2.05, 4.69) is 45.5 Å². The van der Waals surface area contributed by atoms with Crippen molar-refractivity contribution in [1.29, 1.82) is 10.5 Å². The summed E-state index contributed by atoms with van der Waals surface area (Å²) < 4.78 is 20.2.